The number of rotatable bonds is 4. The van der Waals surface area contributed by atoms with E-state index in [4.69, 9.17) is 0 Å². The molecule has 1 amide bonds. The standard InChI is InChI=1S/C10H10FNO2/c11-8(9(13)10(12)14)6-7-4-2-1-3-5-7/h1-5,8H,6H2,(H2,12,14). The lowest BCUT2D eigenvalue weighted by Crippen LogP contribution is -2.32. The Bertz CT molecular complexity index is 337. The number of Topliss-reactive ketones (excluding diaryl/α,β-unsaturated/α-hetero) is 1. The van der Waals surface area contributed by atoms with E-state index in [0.717, 1.165) is 0 Å². The number of carbonyl (C=O) groups is 2. The van der Waals surface area contributed by atoms with Gasteiger partial charge >= 0.3 is 0 Å². The van der Waals surface area contributed by atoms with Crippen LogP contribution in [-0.4, -0.2) is 17.9 Å². The SMILES string of the molecule is NC(=O)C(=O)C(F)Cc1ccccc1. The zero-order valence-electron chi connectivity index (χ0n) is 7.44. The monoisotopic (exact) mass is 195 g/mol. The first-order chi connectivity index (χ1) is 6.61. The Hall–Kier alpha value is -1.71. The highest BCUT2D eigenvalue weighted by molar-refractivity contribution is 6.37. The van der Waals surface area contributed by atoms with Gasteiger partial charge in [0.15, 0.2) is 6.17 Å². The normalized spacial score (nSPS) is 12.1. The summed E-state index contributed by atoms with van der Waals surface area (Å²) in [5, 5.41) is 0. The molecule has 1 rings (SSSR count). The number of benzene rings is 1. The van der Waals surface area contributed by atoms with Crippen LogP contribution in [0.25, 0.3) is 0 Å². The molecule has 0 aliphatic heterocycles. The quantitative estimate of drug-likeness (QED) is 0.716. The van der Waals surface area contributed by atoms with Crippen molar-refractivity contribution in [3.63, 3.8) is 0 Å². The molecule has 0 spiro atoms. The number of nitrogens with two attached hydrogens (primary N) is 1. The molecule has 0 fully saturated rings. The fourth-order valence-corrected chi connectivity index (χ4v) is 1.07. The number of primary amides is 1. The van der Waals surface area contributed by atoms with Crippen molar-refractivity contribution in [3.8, 4) is 0 Å². The Morgan fingerprint density at radius 2 is 1.86 bits per heavy atom. The summed E-state index contributed by atoms with van der Waals surface area (Å²) in [6.07, 6.45) is -1.95. The van der Waals surface area contributed by atoms with Crippen LogP contribution >= 0.6 is 0 Å². The molecule has 14 heavy (non-hydrogen) atoms. The molecule has 1 atom stereocenters. The molecule has 0 aliphatic carbocycles. The van der Waals surface area contributed by atoms with Crippen molar-refractivity contribution < 1.29 is 14.0 Å². The Labute approximate surface area is 80.7 Å². The number of hydrogen-bond donors (Lipinski definition) is 1. The molecule has 1 unspecified atom stereocenters. The molecule has 0 radical (unpaired) electrons. The molecule has 0 aliphatic rings. The molecule has 2 N–H and O–H groups in total. The van der Waals surface area contributed by atoms with E-state index in [-0.39, 0.29) is 6.42 Å². The average molecular weight is 195 g/mol. The van der Waals surface area contributed by atoms with Gasteiger partial charge in [-0.25, -0.2) is 4.39 Å². The third kappa shape index (κ3) is 2.65. The molecular weight excluding hydrogens is 185 g/mol. The minimum atomic E-state index is -1.84. The van der Waals surface area contributed by atoms with E-state index in [9.17, 15) is 14.0 Å². The number of carbonyl (C=O) groups excluding carboxylic acids is 2. The number of hydrogen-bond acceptors (Lipinski definition) is 2. The Morgan fingerprint density at radius 3 is 2.36 bits per heavy atom. The number of amides is 1. The second kappa shape index (κ2) is 4.50. The van der Waals surface area contributed by atoms with Crippen molar-refractivity contribution in [2.45, 2.75) is 12.6 Å². The highest BCUT2D eigenvalue weighted by Crippen LogP contribution is 2.06. The third-order valence-electron chi connectivity index (χ3n) is 1.79. The van der Waals surface area contributed by atoms with Crippen LogP contribution in [-0.2, 0) is 16.0 Å². The molecule has 0 saturated heterocycles. The van der Waals surface area contributed by atoms with Crippen LogP contribution in [0.2, 0.25) is 0 Å². The fourth-order valence-electron chi connectivity index (χ4n) is 1.07. The van der Waals surface area contributed by atoms with E-state index >= 15 is 0 Å². The first-order valence-electron chi connectivity index (χ1n) is 4.13. The fraction of sp³-hybridized carbons (Fsp3) is 0.200. The Balaban J connectivity index is 2.62. The summed E-state index contributed by atoms with van der Waals surface area (Å²) >= 11 is 0. The maximum atomic E-state index is 13.1. The number of ketones is 1. The zero-order chi connectivity index (χ0) is 10.6. The first-order valence-corrected chi connectivity index (χ1v) is 4.13. The maximum Gasteiger partial charge on any atom is 0.287 e. The highest BCUT2D eigenvalue weighted by Gasteiger charge is 2.22. The zero-order valence-corrected chi connectivity index (χ0v) is 7.44. The van der Waals surface area contributed by atoms with Crippen molar-refractivity contribution in [1.82, 2.24) is 0 Å². The van der Waals surface area contributed by atoms with Gasteiger partial charge in [-0.1, -0.05) is 30.3 Å². The second-order valence-electron chi connectivity index (χ2n) is 2.89. The van der Waals surface area contributed by atoms with E-state index in [0.29, 0.717) is 5.56 Å². The molecule has 0 aromatic heterocycles. The largest absolute Gasteiger partial charge is 0.363 e. The molecule has 0 heterocycles. The van der Waals surface area contributed by atoms with Crippen LogP contribution in [0.3, 0.4) is 0 Å². The predicted octanol–water partition coefficient (Wildman–Crippen LogP) is 0.622. The lowest BCUT2D eigenvalue weighted by molar-refractivity contribution is -0.138. The van der Waals surface area contributed by atoms with Crippen molar-refractivity contribution in [1.29, 1.82) is 0 Å². The van der Waals surface area contributed by atoms with Crippen molar-refractivity contribution >= 4 is 11.7 Å². The van der Waals surface area contributed by atoms with Gasteiger partial charge in [-0.2, -0.15) is 0 Å². The second-order valence-corrected chi connectivity index (χ2v) is 2.89. The van der Waals surface area contributed by atoms with Crippen LogP contribution in [0.1, 0.15) is 5.56 Å². The van der Waals surface area contributed by atoms with Gasteiger partial charge in [-0.15, -0.1) is 0 Å². The number of halogens is 1. The number of alkyl halides is 1. The van der Waals surface area contributed by atoms with Gasteiger partial charge in [0, 0.05) is 6.42 Å². The average Bonchev–Trinajstić information content (AvgIpc) is 2.18. The molecule has 1 aromatic rings. The maximum absolute atomic E-state index is 13.1. The summed E-state index contributed by atoms with van der Waals surface area (Å²) in [6.45, 7) is 0. The summed E-state index contributed by atoms with van der Waals surface area (Å²) in [5.41, 5.74) is 5.32. The predicted molar refractivity (Wildman–Crippen MR) is 49.2 cm³/mol. The van der Waals surface area contributed by atoms with Crippen molar-refractivity contribution in [2.75, 3.05) is 0 Å². The Kier molecular flexibility index (Phi) is 3.34. The van der Waals surface area contributed by atoms with E-state index < -0.39 is 17.9 Å². The van der Waals surface area contributed by atoms with Crippen LogP contribution in [0.15, 0.2) is 30.3 Å². The molecule has 0 saturated carbocycles. The van der Waals surface area contributed by atoms with Gasteiger partial charge in [-0.05, 0) is 5.56 Å². The minimum Gasteiger partial charge on any atom is -0.363 e. The van der Waals surface area contributed by atoms with Crippen LogP contribution in [0.5, 0.6) is 0 Å². The summed E-state index contributed by atoms with van der Waals surface area (Å²) in [6, 6.07) is 8.61. The van der Waals surface area contributed by atoms with Crippen molar-refractivity contribution in [2.24, 2.45) is 5.73 Å². The molecule has 74 valence electrons. The van der Waals surface area contributed by atoms with Crippen molar-refractivity contribution in [3.05, 3.63) is 35.9 Å². The van der Waals surface area contributed by atoms with E-state index in [1.54, 1.807) is 30.3 Å². The Morgan fingerprint density at radius 1 is 1.29 bits per heavy atom. The van der Waals surface area contributed by atoms with Gasteiger partial charge in [0.25, 0.3) is 11.7 Å². The van der Waals surface area contributed by atoms with E-state index in [1.165, 1.54) is 0 Å². The van der Waals surface area contributed by atoms with Crippen LogP contribution < -0.4 is 5.73 Å². The van der Waals surface area contributed by atoms with Gasteiger partial charge in [0.2, 0.25) is 0 Å². The van der Waals surface area contributed by atoms with Crippen LogP contribution in [0, 0.1) is 0 Å². The van der Waals surface area contributed by atoms with E-state index in [1.807, 2.05) is 0 Å². The van der Waals surface area contributed by atoms with Gasteiger partial charge in [-0.3, -0.25) is 9.59 Å². The van der Waals surface area contributed by atoms with Gasteiger partial charge < -0.3 is 5.73 Å². The first kappa shape index (κ1) is 10.4. The minimum absolute atomic E-state index is 0.109. The molecule has 3 nitrogen and oxygen atoms in total. The molecule has 4 heteroatoms. The highest BCUT2D eigenvalue weighted by atomic mass is 19.1. The molecule has 1 aromatic carbocycles. The third-order valence-corrected chi connectivity index (χ3v) is 1.79. The lowest BCUT2D eigenvalue weighted by atomic mass is 10.1. The molecular formula is C10H10FNO2. The molecule has 0 bridgehead atoms. The summed E-state index contributed by atoms with van der Waals surface area (Å²) in [5.74, 6) is -2.40. The topological polar surface area (TPSA) is 60.2 Å². The van der Waals surface area contributed by atoms with E-state index in [2.05, 4.69) is 5.73 Å². The lowest BCUT2D eigenvalue weighted by Gasteiger charge is -2.04. The summed E-state index contributed by atoms with van der Waals surface area (Å²) in [4.78, 5) is 21.2. The van der Waals surface area contributed by atoms with Gasteiger partial charge in [0.05, 0.1) is 0 Å². The van der Waals surface area contributed by atoms with Gasteiger partial charge in [0.1, 0.15) is 0 Å². The smallest absolute Gasteiger partial charge is 0.287 e. The van der Waals surface area contributed by atoms with Crippen LogP contribution in [0.4, 0.5) is 4.39 Å². The summed E-state index contributed by atoms with van der Waals surface area (Å²) in [7, 11) is 0. The summed E-state index contributed by atoms with van der Waals surface area (Å²) < 4.78 is 13.1.